The zero-order chi connectivity index (χ0) is 21.2. The molecule has 2 aromatic carbocycles. The third-order valence-corrected chi connectivity index (χ3v) is 4.88. The van der Waals surface area contributed by atoms with Crippen molar-refractivity contribution in [2.45, 2.75) is 19.3 Å². The quantitative estimate of drug-likeness (QED) is 0.455. The van der Waals surface area contributed by atoms with Gasteiger partial charge in [0.2, 0.25) is 0 Å². The number of aryl methyl sites for hydroxylation is 2. The van der Waals surface area contributed by atoms with Gasteiger partial charge in [0.1, 0.15) is 12.4 Å². The molecule has 1 aromatic heterocycles. The molecule has 30 heavy (non-hydrogen) atoms. The maximum absolute atomic E-state index is 12.7. The van der Waals surface area contributed by atoms with Crippen molar-refractivity contribution in [3.8, 4) is 5.75 Å². The van der Waals surface area contributed by atoms with Crippen LogP contribution in [-0.2, 0) is 17.6 Å². The van der Waals surface area contributed by atoms with E-state index >= 15 is 0 Å². The Kier molecular flexibility index (Phi) is 8.24. The Morgan fingerprint density at radius 2 is 1.87 bits per heavy atom. The number of halogens is 1. The molecule has 3 aromatic rings. The first-order valence-corrected chi connectivity index (χ1v) is 10.2. The molecule has 0 aliphatic rings. The molecule has 1 N–H and O–H groups in total. The highest BCUT2D eigenvalue weighted by molar-refractivity contribution is 6.30. The Morgan fingerprint density at radius 1 is 1.03 bits per heavy atom. The summed E-state index contributed by atoms with van der Waals surface area (Å²) in [6.45, 7) is 1.02. The van der Waals surface area contributed by atoms with Crippen LogP contribution in [0, 0.1) is 0 Å². The van der Waals surface area contributed by atoms with Crippen LogP contribution in [0.2, 0.25) is 5.02 Å². The number of rotatable bonds is 10. The van der Waals surface area contributed by atoms with E-state index in [2.05, 4.69) is 10.3 Å². The van der Waals surface area contributed by atoms with Gasteiger partial charge in [-0.25, -0.2) is 0 Å². The predicted molar refractivity (Wildman–Crippen MR) is 119 cm³/mol. The fourth-order valence-corrected chi connectivity index (χ4v) is 3.38. The van der Waals surface area contributed by atoms with Crippen LogP contribution < -0.4 is 10.1 Å². The number of amides is 1. The topological polar surface area (TPSA) is 60.5 Å². The number of nitrogens with one attached hydrogen (secondary N) is 1. The summed E-state index contributed by atoms with van der Waals surface area (Å²) in [5, 5.41) is 3.58. The lowest BCUT2D eigenvalue weighted by atomic mass is 9.99. The van der Waals surface area contributed by atoms with Gasteiger partial charge < -0.3 is 14.8 Å². The number of methoxy groups -OCH3 is 1. The molecule has 5 nitrogen and oxygen atoms in total. The molecule has 0 saturated carbocycles. The SMILES string of the molecule is COCCOc1ccc(Cl)cc1CCCc1ccccc1C(=O)Nc1cccnc1. The summed E-state index contributed by atoms with van der Waals surface area (Å²) in [6.07, 6.45) is 5.72. The second-order valence-corrected chi connectivity index (χ2v) is 7.24. The van der Waals surface area contributed by atoms with E-state index < -0.39 is 0 Å². The highest BCUT2D eigenvalue weighted by Gasteiger charge is 2.12. The first kappa shape index (κ1) is 21.8. The van der Waals surface area contributed by atoms with Crippen LogP contribution in [0.5, 0.6) is 5.75 Å². The standard InChI is InChI=1S/C24H25ClN2O3/c1-29-14-15-30-23-12-11-20(25)16-19(23)8-4-7-18-6-2-3-10-22(18)24(28)27-21-9-5-13-26-17-21/h2-3,5-6,9-13,16-17H,4,7-8,14-15H2,1H3,(H,27,28). The number of aromatic nitrogens is 1. The van der Waals surface area contributed by atoms with Crippen LogP contribution in [0.15, 0.2) is 67.0 Å². The van der Waals surface area contributed by atoms with Gasteiger partial charge in [0.05, 0.1) is 18.5 Å². The second kappa shape index (κ2) is 11.3. The van der Waals surface area contributed by atoms with Gasteiger partial charge in [-0.15, -0.1) is 0 Å². The minimum absolute atomic E-state index is 0.134. The molecule has 0 unspecified atom stereocenters. The Labute approximate surface area is 182 Å². The number of hydrogen-bond acceptors (Lipinski definition) is 4. The van der Waals surface area contributed by atoms with Crippen LogP contribution in [0.25, 0.3) is 0 Å². The van der Waals surface area contributed by atoms with E-state index in [4.69, 9.17) is 21.1 Å². The summed E-state index contributed by atoms with van der Waals surface area (Å²) < 4.78 is 10.9. The van der Waals surface area contributed by atoms with Crippen LogP contribution >= 0.6 is 11.6 Å². The summed E-state index contributed by atoms with van der Waals surface area (Å²) in [5.41, 5.74) is 3.40. The van der Waals surface area contributed by atoms with Gasteiger partial charge in [0.25, 0.3) is 5.91 Å². The van der Waals surface area contributed by atoms with Crippen molar-refractivity contribution in [1.82, 2.24) is 4.98 Å². The Bertz CT molecular complexity index is 964. The number of nitrogens with zero attached hydrogens (tertiary/aromatic N) is 1. The van der Waals surface area contributed by atoms with Gasteiger partial charge in [0, 0.05) is 23.9 Å². The van der Waals surface area contributed by atoms with E-state index in [0.717, 1.165) is 36.1 Å². The van der Waals surface area contributed by atoms with Gasteiger partial charge in [0.15, 0.2) is 0 Å². The highest BCUT2D eigenvalue weighted by Crippen LogP contribution is 2.25. The smallest absolute Gasteiger partial charge is 0.255 e. The fourth-order valence-electron chi connectivity index (χ4n) is 3.18. The molecule has 156 valence electrons. The lowest BCUT2D eigenvalue weighted by molar-refractivity contribution is 0.102. The third-order valence-electron chi connectivity index (χ3n) is 4.64. The molecule has 0 bridgehead atoms. The van der Waals surface area contributed by atoms with Crippen LogP contribution in [0.3, 0.4) is 0 Å². The van der Waals surface area contributed by atoms with Crippen molar-refractivity contribution >= 4 is 23.2 Å². The second-order valence-electron chi connectivity index (χ2n) is 6.80. The molecule has 6 heteroatoms. The zero-order valence-corrected chi connectivity index (χ0v) is 17.7. The zero-order valence-electron chi connectivity index (χ0n) is 16.9. The van der Waals surface area contributed by atoms with E-state index in [1.54, 1.807) is 25.6 Å². The molecular weight excluding hydrogens is 400 g/mol. The van der Waals surface area contributed by atoms with Crippen molar-refractivity contribution in [3.63, 3.8) is 0 Å². The average molecular weight is 425 g/mol. The summed E-state index contributed by atoms with van der Waals surface area (Å²) in [4.78, 5) is 16.8. The minimum Gasteiger partial charge on any atom is -0.491 e. The van der Waals surface area contributed by atoms with Gasteiger partial charge in [-0.3, -0.25) is 9.78 Å². The normalized spacial score (nSPS) is 10.6. The molecule has 1 amide bonds. The molecule has 0 aliphatic carbocycles. The molecule has 0 atom stereocenters. The molecule has 0 spiro atoms. The third kappa shape index (κ3) is 6.31. The van der Waals surface area contributed by atoms with Crippen LogP contribution in [-0.4, -0.2) is 31.2 Å². The van der Waals surface area contributed by atoms with Gasteiger partial charge >= 0.3 is 0 Å². The van der Waals surface area contributed by atoms with E-state index in [-0.39, 0.29) is 5.91 Å². The molecular formula is C24H25ClN2O3. The van der Waals surface area contributed by atoms with E-state index in [0.29, 0.717) is 29.5 Å². The van der Waals surface area contributed by atoms with Crippen molar-refractivity contribution in [2.24, 2.45) is 0 Å². The number of carbonyl (C=O) groups is 1. The molecule has 0 saturated heterocycles. The van der Waals surface area contributed by atoms with E-state index in [9.17, 15) is 4.79 Å². The Hall–Kier alpha value is -2.89. The number of carbonyl (C=O) groups excluding carboxylic acids is 1. The van der Waals surface area contributed by atoms with E-state index in [1.165, 1.54) is 0 Å². The molecule has 0 fully saturated rings. The van der Waals surface area contributed by atoms with Crippen molar-refractivity contribution in [2.75, 3.05) is 25.6 Å². The van der Waals surface area contributed by atoms with Gasteiger partial charge in [-0.05, 0) is 66.8 Å². The Morgan fingerprint density at radius 3 is 2.67 bits per heavy atom. The average Bonchev–Trinajstić information content (AvgIpc) is 2.76. The maximum Gasteiger partial charge on any atom is 0.255 e. The lowest BCUT2D eigenvalue weighted by Crippen LogP contribution is -2.14. The first-order valence-electron chi connectivity index (χ1n) is 9.87. The number of ether oxygens (including phenoxy) is 2. The van der Waals surface area contributed by atoms with Gasteiger partial charge in [-0.2, -0.15) is 0 Å². The first-order chi connectivity index (χ1) is 14.7. The predicted octanol–water partition coefficient (Wildman–Crippen LogP) is 5.19. The van der Waals surface area contributed by atoms with Gasteiger partial charge in [-0.1, -0.05) is 29.8 Å². The molecule has 1 heterocycles. The van der Waals surface area contributed by atoms with Crippen molar-refractivity contribution in [3.05, 3.63) is 88.7 Å². The Balaban J connectivity index is 1.64. The number of anilines is 1. The summed E-state index contributed by atoms with van der Waals surface area (Å²) in [7, 11) is 1.65. The molecule has 3 rings (SSSR count). The van der Waals surface area contributed by atoms with Crippen molar-refractivity contribution in [1.29, 1.82) is 0 Å². The van der Waals surface area contributed by atoms with Crippen LogP contribution in [0.1, 0.15) is 27.9 Å². The van der Waals surface area contributed by atoms with Crippen molar-refractivity contribution < 1.29 is 14.3 Å². The maximum atomic E-state index is 12.7. The summed E-state index contributed by atoms with van der Waals surface area (Å²) >= 11 is 6.18. The molecule has 0 radical (unpaired) electrons. The van der Waals surface area contributed by atoms with E-state index in [1.807, 2.05) is 48.5 Å². The number of hydrogen-bond donors (Lipinski definition) is 1. The summed E-state index contributed by atoms with van der Waals surface area (Å²) in [5.74, 6) is 0.684. The lowest BCUT2D eigenvalue weighted by Gasteiger charge is -2.13. The fraction of sp³-hybridized carbons (Fsp3) is 0.250. The highest BCUT2D eigenvalue weighted by atomic mass is 35.5. The largest absolute Gasteiger partial charge is 0.491 e. The molecule has 0 aliphatic heterocycles. The van der Waals surface area contributed by atoms with Crippen LogP contribution in [0.4, 0.5) is 5.69 Å². The monoisotopic (exact) mass is 424 g/mol. The number of benzene rings is 2. The summed E-state index contributed by atoms with van der Waals surface area (Å²) in [6, 6.07) is 16.9. The number of pyridine rings is 1. The minimum atomic E-state index is -0.134.